The number of Topliss-reactive ketones (excluding diaryl/α,β-unsaturated/α-hetero) is 1. The van der Waals surface area contributed by atoms with Gasteiger partial charge in [0, 0.05) is 5.92 Å². The lowest BCUT2D eigenvalue weighted by molar-refractivity contribution is -0.165. The van der Waals surface area contributed by atoms with E-state index in [2.05, 4.69) is 0 Å². The molecule has 3 heteroatoms. The lowest BCUT2D eigenvalue weighted by Gasteiger charge is -2.25. The number of esters is 1. The second-order valence-electron chi connectivity index (χ2n) is 4.78. The van der Waals surface area contributed by atoms with Gasteiger partial charge in [-0.3, -0.25) is 4.79 Å². The van der Waals surface area contributed by atoms with Crippen molar-refractivity contribution in [1.82, 2.24) is 0 Å². The Hall–Kier alpha value is -1.64. The maximum Gasteiger partial charge on any atom is 0.375 e. The molecule has 1 aromatic carbocycles. The average Bonchev–Trinajstić information content (AvgIpc) is 2.28. The van der Waals surface area contributed by atoms with Gasteiger partial charge in [0.2, 0.25) is 5.78 Å². The Morgan fingerprint density at radius 2 is 1.65 bits per heavy atom. The summed E-state index contributed by atoms with van der Waals surface area (Å²) in [5.41, 5.74) is 0.0769. The molecule has 1 aromatic rings. The molecule has 0 aromatic heterocycles. The minimum atomic E-state index is -0.789. The van der Waals surface area contributed by atoms with Crippen molar-refractivity contribution in [2.24, 2.45) is 5.92 Å². The molecular formula is C14H18O3. The summed E-state index contributed by atoms with van der Waals surface area (Å²) < 4.78 is 5.26. The van der Waals surface area contributed by atoms with Gasteiger partial charge < -0.3 is 4.74 Å². The minimum Gasteiger partial charge on any atom is -0.449 e. The van der Waals surface area contributed by atoms with Gasteiger partial charge in [0.15, 0.2) is 0 Å². The predicted octanol–water partition coefficient (Wildman–Crippen LogP) is 2.69. The van der Waals surface area contributed by atoms with Crippen LogP contribution >= 0.6 is 0 Å². The van der Waals surface area contributed by atoms with Crippen LogP contribution in [0.4, 0.5) is 0 Å². The topological polar surface area (TPSA) is 43.4 Å². The fourth-order valence-electron chi connectivity index (χ4n) is 1.42. The third-order valence-corrected chi connectivity index (χ3v) is 2.54. The lowest BCUT2D eigenvalue weighted by Crippen LogP contribution is -2.31. The molecule has 0 aliphatic rings. The Kier molecular flexibility index (Phi) is 4.05. The van der Waals surface area contributed by atoms with Crippen molar-refractivity contribution in [3.8, 4) is 0 Å². The first-order chi connectivity index (χ1) is 7.84. The van der Waals surface area contributed by atoms with Gasteiger partial charge in [-0.25, -0.2) is 4.79 Å². The van der Waals surface area contributed by atoms with Gasteiger partial charge in [-0.15, -0.1) is 0 Å². The molecule has 92 valence electrons. The van der Waals surface area contributed by atoms with Gasteiger partial charge in [0.1, 0.15) is 5.60 Å². The predicted molar refractivity (Wildman–Crippen MR) is 65.4 cm³/mol. The number of carbonyl (C=O) groups is 2. The molecule has 1 rings (SSSR count). The van der Waals surface area contributed by atoms with E-state index in [0.717, 1.165) is 5.56 Å². The summed E-state index contributed by atoms with van der Waals surface area (Å²) in [5, 5.41) is 0. The van der Waals surface area contributed by atoms with Crippen LogP contribution < -0.4 is 0 Å². The van der Waals surface area contributed by atoms with Gasteiger partial charge >= 0.3 is 5.97 Å². The van der Waals surface area contributed by atoms with Crippen LogP contribution in [0.25, 0.3) is 0 Å². The van der Waals surface area contributed by atoms with Crippen molar-refractivity contribution in [3.05, 3.63) is 35.9 Å². The van der Waals surface area contributed by atoms with Crippen LogP contribution in [0.15, 0.2) is 30.3 Å². The summed E-state index contributed by atoms with van der Waals surface area (Å²) in [4.78, 5) is 23.1. The first-order valence-electron chi connectivity index (χ1n) is 5.67. The van der Waals surface area contributed by atoms with Crippen molar-refractivity contribution in [2.75, 3.05) is 0 Å². The number of rotatable bonds is 4. The molecular weight excluding hydrogens is 216 g/mol. The second kappa shape index (κ2) is 5.13. The quantitative estimate of drug-likeness (QED) is 0.594. The zero-order chi connectivity index (χ0) is 13.1. The van der Waals surface area contributed by atoms with Crippen LogP contribution in [0.1, 0.15) is 33.3 Å². The number of ether oxygens (including phenoxy) is 1. The molecule has 0 bridgehead atoms. The fourth-order valence-corrected chi connectivity index (χ4v) is 1.42. The van der Waals surface area contributed by atoms with Crippen molar-refractivity contribution in [2.45, 2.75) is 33.3 Å². The number of hydrogen-bond donors (Lipinski definition) is 0. The second-order valence-corrected chi connectivity index (χ2v) is 4.78. The Balaban J connectivity index is 2.81. The van der Waals surface area contributed by atoms with Crippen molar-refractivity contribution in [1.29, 1.82) is 0 Å². The third-order valence-electron chi connectivity index (χ3n) is 2.54. The van der Waals surface area contributed by atoms with Crippen LogP contribution in [-0.2, 0) is 19.9 Å². The molecule has 0 saturated heterocycles. The Morgan fingerprint density at radius 1 is 1.12 bits per heavy atom. The smallest absolute Gasteiger partial charge is 0.375 e. The number of benzene rings is 1. The number of ketones is 1. The van der Waals surface area contributed by atoms with Crippen LogP contribution in [0, 0.1) is 5.92 Å². The first-order valence-corrected chi connectivity index (χ1v) is 5.67. The molecule has 0 heterocycles. The standard InChI is InChI=1S/C14H18O3/c1-10(2)12(15)13(16)17-14(3,4)11-8-6-5-7-9-11/h5-10H,1-4H3. The van der Waals surface area contributed by atoms with E-state index in [1.165, 1.54) is 0 Å². The van der Waals surface area contributed by atoms with E-state index < -0.39 is 17.4 Å². The van der Waals surface area contributed by atoms with E-state index in [-0.39, 0.29) is 5.92 Å². The SMILES string of the molecule is CC(C)C(=O)C(=O)OC(C)(C)c1ccccc1. The Morgan fingerprint density at radius 3 is 2.12 bits per heavy atom. The van der Waals surface area contributed by atoms with Crippen molar-refractivity contribution in [3.63, 3.8) is 0 Å². The van der Waals surface area contributed by atoms with Crippen LogP contribution in [0.3, 0.4) is 0 Å². The molecule has 0 saturated carbocycles. The maximum absolute atomic E-state index is 11.6. The molecule has 0 aliphatic heterocycles. The monoisotopic (exact) mass is 234 g/mol. The van der Waals surface area contributed by atoms with E-state index in [4.69, 9.17) is 4.74 Å². The molecule has 17 heavy (non-hydrogen) atoms. The van der Waals surface area contributed by atoms with Crippen LogP contribution in [0.2, 0.25) is 0 Å². The van der Waals surface area contributed by atoms with Crippen molar-refractivity contribution < 1.29 is 14.3 Å². The Bertz CT molecular complexity index is 405. The normalized spacial score (nSPS) is 11.4. The molecule has 0 atom stereocenters. The molecule has 0 spiro atoms. The minimum absolute atomic E-state index is 0.339. The molecule has 3 nitrogen and oxygen atoms in total. The highest BCUT2D eigenvalue weighted by molar-refractivity contribution is 6.34. The van der Waals surface area contributed by atoms with Crippen LogP contribution in [0.5, 0.6) is 0 Å². The summed E-state index contributed by atoms with van der Waals surface area (Å²) >= 11 is 0. The van der Waals surface area contributed by atoms with E-state index in [0.29, 0.717) is 0 Å². The van der Waals surface area contributed by atoms with Gasteiger partial charge in [0.25, 0.3) is 0 Å². The van der Waals surface area contributed by atoms with Crippen molar-refractivity contribution >= 4 is 11.8 Å². The molecule has 0 radical (unpaired) electrons. The molecule has 0 unspecified atom stereocenters. The molecule has 0 amide bonds. The lowest BCUT2D eigenvalue weighted by atomic mass is 9.98. The molecule has 0 fully saturated rings. The zero-order valence-electron chi connectivity index (χ0n) is 10.7. The largest absolute Gasteiger partial charge is 0.449 e. The summed E-state index contributed by atoms with van der Waals surface area (Å²) in [6.07, 6.45) is 0. The summed E-state index contributed by atoms with van der Waals surface area (Å²) in [6.45, 7) is 6.90. The highest BCUT2D eigenvalue weighted by Crippen LogP contribution is 2.24. The summed E-state index contributed by atoms with van der Waals surface area (Å²) in [6, 6.07) is 9.37. The summed E-state index contributed by atoms with van der Waals surface area (Å²) in [5.74, 6) is -1.60. The highest BCUT2D eigenvalue weighted by Gasteiger charge is 2.29. The number of carbonyl (C=O) groups excluding carboxylic acids is 2. The highest BCUT2D eigenvalue weighted by atomic mass is 16.6. The van der Waals surface area contributed by atoms with Crippen LogP contribution in [-0.4, -0.2) is 11.8 Å². The van der Waals surface area contributed by atoms with E-state index in [1.54, 1.807) is 27.7 Å². The fraction of sp³-hybridized carbons (Fsp3) is 0.429. The van der Waals surface area contributed by atoms with Gasteiger partial charge in [-0.2, -0.15) is 0 Å². The first kappa shape index (κ1) is 13.4. The number of hydrogen-bond acceptors (Lipinski definition) is 3. The zero-order valence-corrected chi connectivity index (χ0v) is 10.7. The maximum atomic E-state index is 11.6. The molecule has 0 N–H and O–H groups in total. The van der Waals surface area contributed by atoms with Gasteiger partial charge in [-0.05, 0) is 19.4 Å². The van der Waals surface area contributed by atoms with E-state index in [1.807, 2.05) is 30.3 Å². The average molecular weight is 234 g/mol. The van der Waals surface area contributed by atoms with E-state index in [9.17, 15) is 9.59 Å². The van der Waals surface area contributed by atoms with Gasteiger partial charge in [0.05, 0.1) is 0 Å². The Labute approximate surface area is 102 Å². The van der Waals surface area contributed by atoms with Gasteiger partial charge in [-0.1, -0.05) is 44.2 Å². The summed E-state index contributed by atoms with van der Waals surface area (Å²) in [7, 11) is 0. The third kappa shape index (κ3) is 3.41. The molecule has 0 aliphatic carbocycles. The van der Waals surface area contributed by atoms with E-state index >= 15 is 0 Å².